The number of rotatable bonds is 38. The lowest BCUT2D eigenvalue weighted by molar-refractivity contribution is 0.247. The fourth-order valence-electron chi connectivity index (χ4n) is 8.09. The minimum atomic E-state index is -0.211. The van der Waals surface area contributed by atoms with E-state index in [1.165, 1.54) is 198 Å². The van der Waals surface area contributed by atoms with Crippen LogP contribution in [-0.2, 0) is 39.2 Å². The molecule has 0 spiro atoms. The molecule has 0 saturated heterocycles. The fourth-order valence-corrected chi connectivity index (χ4v) is 8.09. The van der Waals surface area contributed by atoms with Crippen LogP contribution in [0.4, 0.5) is 0 Å². The maximum absolute atomic E-state index is 10.0. The first-order valence-electron chi connectivity index (χ1n) is 23.2. The molecular formula is C49H85NO4. The molecule has 54 heavy (non-hydrogen) atoms. The van der Waals surface area contributed by atoms with E-state index in [0.717, 1.165) is 29.7 Å². The molecule has 0 bridgehead atoms. The second-order valence-corrected chi connectivity index (χ2v) is 16.3. The van der Waals surface area contributed by atoms with Crippen LogP contribution in [0.1, 0.15) is 246 Å². The molecule has 1 aromatic heterocycles. The van der Waals surface area contributed by atoms with Crippen molar-refractivity contribution in [3.05, 3.63) is 57.5 Å². The summed E-state index contributed by atoms with van der Waals surface area (Å²) >= 11 is 0. The van der Waals surface area contributed by atoms with Gasteiger partial charge in [-0.1, -0.05) is 206 Å². The van der Waals surface area contributed by atoms with Crippen LogP contribution in [0, 0.1) is 0 Å². The summed E-state index contributed by atoms with van der Waals surface area (Å²) in [7, 11) is 0. The van der Waals surface area contributed by atoms with E-state index in [1.54, 1.807) is 0 Å². The third kappa shape index (κ3) is 22.0. The predicted octanol–water partition coefficient (Wildman–Crippen LogP) is 14.2. The van der Waals surface area contributed by atoms with Crippen molar-refractivity contribution < 1.29 is 19.7 Å². The highest BCUT2D eigenvalue weighted by Gasteiger charge is 2.14. The van der Waals surface area contributed by atoms with Crippen LogP contribution >= 0.6 is 0 Å². The third-order valence-electron chi connectivity index (χ3n) is 11.7. The van der Waals surface area contributed by atoms with Gasteiger partial charge in [0.05, 0.1) is 32.6 Å². The lowest BCUT2D eigenvalue weighted by atomic mass is 9.97. The van der Waals surface area contributed by atoms with Gasteiger partial charge in [-0.3, -0.25) is 4.99 Å². The van der Waals surface area contributed by atoms with E-state index in [4.69, 9.17) is 9.41 Å². The SMILES string of the molecule is CCCCCCCCCCCCCCCCCc1occ(C=NCc2ccc(CO)c(CO)c2CO)c1CCCCCCCCCCCCCCCCC. The molecule has 1 aromatic carbocycles. The summed E-state index contributed by atoms with van der Waals surface area (Å²) in [6.45, 7) is 4.43. The lowest BCUT2D eigenvalue weighted by Crippen LogP contribution is -2.05. The lowest BCUT2D eigenvalue weighted by Gasteiger charge is -2.14. The predicted molar refractivity (Wildman–Crippen MR) is 231 cm³/mol. The van der Waals surface area contributed by atoms with E-state index in [2.05, 4.69) is 13.8 Å². The molecule has 310 valence electrons. The molecule has 5 nitrogen and oxygen atoms in total. The van der Waals surface area contributed by atoms with Gasteiger partial charge in [-0.15, -0.1) is 0 Å². The minimum Gasteiger partial charge on any atom is -0.468 e. The Hall–Kier alpha value is -1.95. The van der Waals surface area contributed by atoms with Gasteiger partial charge in [0.2, 0.25) is 0 Å². The number of benzene rings is 1. The van der Waals surface area contributed by atoms with Gasteiger partial charge in [0.1, 0.15) is 5.76 Å². The zero-order valence-corrected chi connectivity index (χ0v) is 35.5. The van der Waals surface area contributed by atoms with Crippen LogP contribution in [0.15, 0.2) is 27.8 Å². The molecule has 2 rings (SSSR count). The van der Waals surface area contributed by atoms with Crippen LogP contribution < -0.4 is 0 Å². The molecule has 0 aliphatic carbocycles. The molecule has 1 heterocycles. The van der Waals surface area contributed by atoms with Crippen molar-refractivity contribution in [3.63, 3.8) is 0 Å². The van der Waals surface area contributed by atoms with E-state index < -0.39 is 0 Å². The number of furan rings is 1. The van der Waals surface area contributed by atoms with Crippen molar-refractivity contribution in [3.8, 4) is 0 Å². The summed E-state index contributed by atoms with van der Waals surface area (Å²) in [5, 5.41) is 29.6. The van der Waals surface area contributed by atoms with Gasteiger partial charge < -0.3 is 19.7 Å². The fraction of sp³-hybridized carbons (Fsp3) is 0.776. The highest BCUT2D eigenvalue weighted by atomic mass is 16.3. The van der Waals surface area contributed by atoms with E-state index in [1.807, 2.05) is 24.6 Å². The highest BCUT2D eigenvalue weighted by Crippen LogP contribution is 2.25. The Morgan fingerprint density at radius 1 is 0.444 bits per heavy atom. The first-order valence-corrected chi connectivity index (χ1v) is 23.2. The Balaban J connectivity index is 1.77. The largest absolute Gasteiger partial charge is 0.468 e. The first kappa shape index (κ1) is 48.2. The molecule has 0 unspecified atom stereocenters. The van der Waals surface area contributed by atoms with Gasteiger partial charge in [0.15, 0.2) is 0 Å². The number of aryl methyl sites for hydroxylation is 1. The normalized spacial score (nSPS) is 11.8. The zero-order chi connectivity index (χ0) is 38.7. The van der Waals surface area contributed by atoms with Gasteiger partial charge >= 0.3 is 0 Å². The Morgan fingerprint density at radius 3 is 1.22 bits per heavy atom. The van der Waals surface area contributed by atoms with Crippen molar-refractivity contribution in [2.45, 2.75) is 246 Å². The molecule has 3 N–H and O–H groups in total. The number of aliphatic imine (C=N–C) groups is 1. The van der Waals surface area contributed by atoms with Crippen LogP contribution in [0.5, 0.6) is 0 Å². The molecule has 0 radical (unpaired) electrons. The summed E-state index contributed by atoms with van der Waals surface area (Å²) in [5.41, 5.74) is 5.21. The second-order valence-electron chi connectivity index (χ2n) is 16.3. The van der Waals surface area contributed by atoms with Crippen LogP contribution in [-0.4, -0.2) is 21.5 Å². The number of aliphatic hydroxyl groups excluding tert-OH is 3. The summed E-state index contributed by atoms with van der Waals surface area (Å²) < 4.78 is 6.21. The molecule has 0 amide bonds. The number of aliphatic hydroxyl groups is 3. The first-order chi connectivity index (χ1) is 26.7. The third-order valence-corrected chi connectivity index (χ3v) is 11.7. The van der Waals surface area contributed by atoms with E-state index in [-0.39, 0.29) is 19.8 Å². The topological polar surface area (TPSA) is 86.2 Å². The van der Waals surface area contributed by atoms with E-state index >= 15 is 0 Å². The van der Waals surface area contributed by atoms with Crippen molar-refractivity contribution in [2.75, 3.05) is 0 Å². The van der Waals surface area contributed by atoms with Gasteiger partial charge in [-0.25, -0.2) is 0 Å². The van der Waals surface area contributed by atoms with Crippen molar-refractivity contribution in [2.24, 2.45) is 4.99 Å². The van der Waals surface area contributed by atoms with Gasteiger partial charge in [0.25, 0.3) is 0 Å². The minimum absolute atomic E-state index is 0.160. The van der Waals surface area contributed by atoms with Crippen molar-refractivity contribution in [1.82, 2.24) is 0 Å². The smallest absolute Gasteiger partial charge is 0.107 e. The Kier molecular flexibility index (Phi) is 30.6. The molecule has 0 aliphatic rings. The Labute approximate surface area is 333 Å². The van der Waals surface area contributed by atoms with Crippen LogP contribution in [0.2, 0.25) is 0 Å². The number of nitrogens with zero attached hydrogens (tertiary/aromatic N) is 1. The maximum atomic E-state index is 10.0. The summed E-state index contributed by atoms with van der Waals surface area (Å²) in [4.78, 5) is 4.78. The number of hydrogen-bond acceptors (Lipinski definition) is 5. The summed E-state index contributed by atoms with van der Waals surface area (Å²) in [6.07, 6.45) is 47.0. The molecule has 0 atom stereocenters. The Bertz CT molecular complexity index is 1170. The second kappa shape index (κ2) is 34.3. The van der Waals surface area contributed by atoms with Gasteiger partial charge in [-0.2, -0.15) is 0 Å². The quantitative estimate of drug-likeness (QED) is 0.0471. The number of hydrogen-bond donors (Lipinski definition) is 3. The van der Waals surface area contributed by atoms with Crippen molar-refractivity contribution >= 4 is 6.21 Å². The van der Waals surface area contributed by atoms with Gasteiger partial charge in [-0.05, 0) is 41.5 Å². The molecule has 0 fully saturated rings. The zero-order valence-electron chi connectivity index (χ0n) is 35.5. The molecule has 0 saturated carbocycles. The van der Waals surface area contributed by atoms with Crippen molar-refractivity contribution in [1.29, 1.82) is 0 Å². The average Bonchev–Trinajstić information content (AvgIpc) is 3.58. The molecule has 0 aliphatic heterocycles. The van der Waals surface area contributed by atoms with E-state index in [9.17, 15) is 15.3 Å². The highest BCUT2D eigenvalue weighted by molar-refractivity contribution is 5.81. The average molecular weight is 752 g/mol. The molecule has 2 aromatic rings. The molecule has 5 heteroatoms. The van der Waals surface area contributed by atoms with Crippen LogP contribution in [0.3, 0.4) is 0 Å². The Morgan fingerprint density at radius 2 is 0.815 bits per heavy atom. The summed E-state index contributed by atoms with van der Waals surface area (Å²) in [6, 6.07) is 3.73. The number of unbranched alkanes of at least 4 members (excludes halogenated alkanes) is 28. The van der Waals surface area contributed by atoms with Crippen LogP contribution in [0.25, 0.3) is 0 Å². The molecular weight excluding hydrogens is 667 g/mol. The monoisotopic (exact) mass is 752 g/mol. The van der Waals surface area contributed by atoms with Gasteiger partial charge in [0, 0.05) is 23.8 Å². The standard InChI is InChI=1S/C49H85NO4/c1-3-5-7-9-11-13-15-17-19-21-23-25-27-29-31-33-46-45(38-50-37-43-35-36-44(39-51)48(41-53)47(43)40-52)42-54-49(46)34-32-30-28-26-24-22-20-18-16-14-12-10-8-6-4-2/h35-36,38,42,51-53H,3-34,37,39-41H2,1-2H3. The maximum Gasteiger partial charge on any atom is 0.107 e. The summed E-state index contributed by atoms with van der Waals surface area (Å²) in [5.74, 6) is 1.14. The van der Waals surface area contributed by atoms with E-state index in [0.29, 0.717) is 23.2 Å².